The van der Waals surface area contributed by atoms with Gasteiger partial charge >= 0.3 is 0 Å². The Balaban J connectivity index is 1.21. The van der Waals surface area contributed by atoms with Crippen molar-refractivity contribution in [2.45, 2.75) is 19.3 Å². The Morgan fingerprint density at radius 1 is 0.387 bits per heavy atom. The van der Waals surface area contributed by atoms with Gasteiger partial charge in [0.05, 0.1) is 11.4 Å². The monoisotopic (exact) mass is 793 g/mol. The number of furan rings is 2. The van der Waals surface area contributed by atoms with Gasteiger partial charge in [0, 0.05) is 43.8 Å². The predicted molar refractivity (Wildman–Crippen MR) is 259 cm³/mol. The number of hydrogen-bond donors (Lipinski definition) is 0. The highest BCUT2D eigenvalue weighted by atomic mass is 16.3. The van der Waals surface area contributed by atoms with E-state index in [9.17, 15) is 0 Å². The summed E-state index contributed by atoms with van der Waals surface area (Å²) in [6, 6.07) is 72.5. The molecule has 2 heterocycles. The van der Waals surface area contributed by atoms with Crippen LogP contribution in [0.4, 0.5) is 17.1 Å². The number of benzene rings is 10. The lowest BCUT2D eigenvalue weighted by atomic mass is 9.82. The van der Waals surface area contributed by atoms with Crippen molar-refractivity contribution in [1.82, 2.24) is 0 Å². The molecule has 10 aromatic carbocycles. The third-order valence-corrected chi connectivity index (χ3v) is 13.5. The summed E-state index contributed by atoms with van der Waals surface area (Å²) in [5.41, 5.74) is 16.0. The third kappa shape index (κ3) is 4.94. The number of rotatable bonds is 5. The Labute approximate surface area is 358 Å². The SMILES string of the molecule is CC1(C)c2ccccc2-c2ccc(N(c3ccccc3-c3ccccc3)c3c(-c4cc5ccccc5c5ccccc45)ccc4c3oc3ccc5oc6ccccc6c5c34)cc21. The van der Waals surface area contributed by atoms with Gasteiger partial charge in [-0.25, -0.2) is 0 Å². The topological polar surface area (TPSA) is 29.5 Å². The Morgan fingerprint density at radius 3 is 1.87 bits per heavy atom. The van der Waals surface area contributed by atoms with Crippen LogP contribution in [0.5, 0.6) is 0 Å². The van der Waals surface area contributed by atoms with Crippen LogP contribution in [-0.2, 0) is 5.41 Å². The molecule has 0 aliphatic heterocycles. The van der Waals surface area contributed by atoms with Crippen LogP contribution >= 0.6 is 0 Å². The minimum atomic E-state index is -0.205. The van der Waals surface area contributed by atoms with Crippen LogP contribution in [0, 0.1) is 0 Å². The molecule has 0 saturated carbocycles. The van der Waals surface area contributed by atoms with Gasteiger partial charge in [-0.2, -0.15) is 0 Å². The fraction of sp³-hybridized carbons (Fsp3) is 0.0508. The number of para-hydroxylation sites is 2. The van der Waals surface area contributed by atoms with E-state index in [0.29, 0.717) is 0 Å². The molecule has 12 aromatic rings. The Kier molecular flexibility index (Phi) is 7.36. The normalized spacial score (nSPS) is 13.1. The molecule has 0 N–H and O–H groups in total. The highest BCUT2D eigenvalue weighted by molar-refractivity contribution is 6.28. The van der Waals surface area contributed by atoms with Gasteiger partial charge in [0.15, 0.2) is 5.58 Å². The summed E-state index contributed by atoms with van der Waals surface area (Å²) in [6.45, 7) is 4.72. The lowest BCUT2D eigenvalue weighted by molar-refractivity contribution is 0.660. The van der Waals surface area contributed by atoms with E-state index in [0.717, 1.165) is 83.2 Å². The van der Waals surface area contributed by atoms with Crippen LogP contribution in [-0.4, -0.2) is 0 Å². The van der Waals surface area contributed by atoms with Crippen molar-refractivity contribution in [1.29, 1.82) is 0 Å². The highest BCUT2D eigenvalue weighted by Crippen LogP contribution is 2.55. The molecule has 1 aliphatic rings. The summed E-state index contributed by atoms with van der Waals surface area (Å²) in [5.74, 6) is 0. The van der Waals surface area contributed by atoms with Gasteiger partial charge in [-0.15, -0.1) is 0 Å². The molecule has 0 spiro atoms. The maximum Gasteiger partial charge on any atom is 0.160 e. The first-order valence-electron chi connectivity index (χ1n) is 21.4. The highest BCUT2D eigenvalue weighted by Gasteiger charge is 2.36. The van der Waals surface area contributed by atoms with E-state index in [1.807, 2.05) is 12.1 Å². The first-order valence-corrected chi connectivity index (χ1v) is 21.4. The fourth-order valence-corrected chi connectivity index (χ4v) is 10.6. The standard InChI is InChI=1S/C59H39NO2/c1-59(2)49-25-13-10-23-43(49)44-29-28-38(35-50(44)59)60(51-26-14-11-20-40(51)36-16-4-3-5-17-36)57-45(48-34-37-18-6-7-19-39(37)41-21-8-9-22-42(41)48)30-31-47-56-54(62-58(47)57)33-32-53-55(56)46-24-12-15-27-52(46)61-53/h3-35H,1-2H3. The van der Waals surface area contributed by atoms with Gasteiger partial charge in [0.1, 0.15) is 16.7 Å². The zero-order valence-electron chi connectivity index (χ0n) is 34.3. The second kappa shape index (κ2) is 13.1. The van der Waals surface area contributed by atoms with E-state index in [1.54, 1.807) is 0 Å². The minimum absolute atomic E-state index is 0.205. The molecule has 2 aromatic heterocycles. The molecule has 0 atom stereocenters. The molecule has 3 heteroatoms. The van der Waals surface area contributed by atoms with E-state index in [1.165, 1.54) is 43.8 Å². The average molecular weight is 794 g/mol. The van der Waals surface area contributed by atoms with Crippen LogP contribution in [0.3, 0.4) is 0 Å². The lowest BCUT2D eigenvalue weighted by Gasteiger charge is -2.31. The molecule has 62 heavy (non-hydrogen) atoms. The molecule has 0 amide bonds. The molecular formula is C59H39NO2. The summed E-state index contributed by atoms with van der Waals surface area (Å²) < 4.78 is 13.8. The van der Waals surface area contributed by atoms with Gasteiger partial charge in [-0.05, 0) is 103 Å². The number of nitrogens with zero attached hydrogens (tertiary/aromatic N) is 1. The van der Waals surface area contributed by atoms with Gasteiger partial charge in [0.25, 0.3) is 0 Å². The van der Waals surface area contributed by atoms with Crippen molar-refractivity contribution in [3.05, 3.63) is 211 Å². The van der Waals surface area contributed by atoms with Gasteiger partial charge in [0.2, 0.25) is 0 Å². The van der Waals surface area contributed by atoms with E-state index in [4.69, 9.17) is 8.83 Å². The van der Waals surface area contributed by atoms with E-state index in [-0.39, 0.29) is 5.41 Å². The lowest BCUT2D eigenvalue weighted by Crippen LogP contribution is -2.17. The van der Waals surface area contributed by atoms with Crippen molar-refractivity contribution in [2.24, 2.45) is 0 Å². The molecule has 1 aliphatic carbocycles. The summed E-state index contributed by atoms with van der Waals surface area (Å²) >= 11 is 0. The Hall–Kier alpha value is -7.88. The summed E-state index contributed by atoms with van der Waals surface area (Å²) in [4.78, 5) is 2.48. The zero-order valence-corrected chi connectivity index (χ0v) is 34.3. The second-order valence-corrected chi connectivity index (χ2v) is 17.2. The molecule has 0 saturated heterocycles. The summed E-state index contributed by atoms with van der Waals surface area (Å²) in [6.07, 6.45) is 0. The van der Waals surface area contributed by atoms with Crippen LogP contribution < -0.4 is 4.90 Å². The quantitative estimate of drug-likeness (QED) is 0.163. The van der Waals surface area contributed by atoms with Gasteiger partial charge < -0.3 is 13.7 Å². The molecule has 0 fully saturated rings. The van der Waals surface area contributed by atoms with Crippen LogP contribution in [0.2, 0.25) is 0 Å². The summed E-state index contributed by atoms with van der Waals surface area (Å²) in [5, 5.41) is 9.08. The van der Waals surface area contributed by atoms with E-state index < -0.39 is 0 Å². The first kappa shape index (κ1) is 34.9. The van der Waals surface area contributed by atoms with Crippen molar-refractivity contribution < 1.29 is 8.83 Å². The third-order valence-electron chi connectivity index (χ3n) is 13.5. The molecule has 0 bridgehead atoms. The average Bonchev–Trinajstić information content (AvgIpc) is 3.97. The van der Waals surface area contributed by atoms with Crippen molar-refractivity contribution in [3.8, 4) is 33.4 Å². The van der Waals surface area contributed by atoms with Gasteiger partial charge in [-0.1, -0.05) is 166 Å². The zero-order chi connectivity index (χ0) is 41.1. The molecule has 0 radical (unpaired) electrons. The largest absolute Gasteiger partial charge is 0.456 e. The van der Waals surface area contributed by atoms with Crippen LogP contribution in [0.25, 0.3) is 98.8 Å². The summed E-state index contributed by atoms with van der Waals surface area (Å²) in [7, 11) is 0. The number of hydrogen-bond acceptors (Lipinski definition) is 3. The molecule has 0 unspecified atom stereocenters. The molecule has 13 rings (SSSR count). The van der Waals surface area contributed by atoms with Gasteiger partial charge in [-0.3, -0.25) is 0 Å². The Morgan fingerprint density at radius 2 is 1.02 bits per heavy atom. The fourth-order valence-electron chi connectivity index (χ4n) is 10.6. The first-order chi connectivity index (χ1) is 30.5. The molecule has 3 nitrogen and oxygen atoms in total. The Bertz CT molecular complexity index is 3790. The number of fused-ring (bicyclic) bond motifs is 13. The smallest absolute Gasteiger partial charge is 0.160 e. The molecular weight excluding hydrogens is 755 g/mol. The molecule has 292 valence electrons. The second-order valence-electron chi connectivity index (χ2n) is 17.2. The van der Waals surface area contributed by atoms with E-state index in [2.05, 4.69) is 207 Å². The van der Waals surface area contributed by atoms with Crippen molar-refractivity contribution in [3.63, 3.8) is 0 Å². The number of anilines is 3. The maximum atomic E-state index is 7.34. The minimum Gasteiger partial charge on any atom is -0.456 e. The van der Waals surface area contributed by atoms with E-state index >= 15 is 0 Å². The van der Waals surface area contributed by atoms with Crippen molar-refractivity contribution in [2.75, 3.05) is 4.90 Å². The van der Waals surface area contributed by atoms with Crippen LogP contribution in [0.1, 0.15) is 25.0 Å². The van der Waals surface area contributed by atoms with Crippen LogP contribution in [0.15, 0.2) is 209 Å². The predicted octanol–water partition coefficient (Wildman–Crippen LogP) is 16.9. The maximum absolute atomic E-state index is 7.34. The van der Waals surface area contributed by atoms with Crippen molar-refractivity contribution >= 4 is 82.5 Å².